The summed E-state index contributed by atoms with van der Waals surface area (Å²) in [5.41, 5.74) is 4.92. The van der Waals surface area contributed by atoms with Crippen LogP contribution in [0, 0.1) is 0 Å². The van der Waals surface area contributed by atoms with Gasteiger partial charge < -0.3 is 0 Å². The molecule has 0 amide bonds. The molecule has 1 nitrogen and oxygen atoms in total. The highest BCUT2D eigenvalue weighted by Gasteiger charge is 2.38. The van der Waals surface area contributed by atoms with Crippen LogP contribution in [-0.2, 0) is 23.9 Å². The van der Waals surface area contributed by atoms with Crippen LogP contribution in [0.25, 0.3) is 0 Å². The van der Waals surface area contributed by atoms with Crippen LogP contribution in [0.4, 0.5) is 0 Å². The molecule has 0 aromatic heterocycles. The molecule has 1 aromatic rings. The van der Waals surface area contributed by atoms with Gasteiger partial charge >= 0.3 is 0 Å². The fourth-order valence-electron chi connectivity index (χ4n) is 3.44. The molecule has 0 N–H and O–H groups in total. The minimum absolute atomic E-state index is 0.0342. The third kappa shape index (κ3) is 3.43. The van der Waals surface area contributed by atoms with Gasteiger partial charge in [-0.25, -0.2) is 0 Å². The molecule has 0 fully saturated rings. The van der Waals surface area contributed by atoms with E-state index in [-0.39, 0.29) is 16.4 Å². The van der Waals surface area contributed by atoms with Gasteiger partial charge in [0.25, 0.3) is 0 Å². The van der Waals surface area contributed by atoms with Crippen molar-refractivity contribution >= 4 is 23.2 Å². The Balaban J connectivity index is 2.78. The maximum absolute atomic E-state index is 6.95. The van der Waals surface area contributed by atoms with Gasteiger partial charge in [0.1, 0.15) is 0 Å². The monoisotopic (exact) mass is 355 g/mol. The van der Waals surface area contributed by atoms with Crippen LogP contribution in [0.3, 0.4) is 0 Å². The number of hydrogen-bond donors (Lipinski definition) is 0. The van der Waals surface area contributed by atoms with Crippen molar-refractivity contribution in [2.24, 2.45) is 0 Å². The molecule has 1 aliphatic rings. The largest absolute Gasteiger partial charge is 0.290 e. The Bertz CT molecular complexity index is 576. The summed E-state index contributed by atoms with van der Waals surface area (Å²) >= 11 is 13.9. The summed E-state index contributed by atoms with van der Waals surface area (Å²) in [5, 5.41) is 1.85. The van der Waals surface area contributed by atoms with Gasteiger partial charge in [0, 0.05) is 28.7 Å². The number of halogens is 2. The summed E-state index contributed by atoms with van der Waals surface area (Å²) in [6.45, 7) is 21.8. The first-order chi connectivity index (χ1) is 10.2. The van der Waals surface area contributed by atoms with Gasteiger partial charge in [0.05, 0.1) is 0 Å². The molecular formula is C20H31Cl2N. The Kier molecular flexibility index (Phi) is 4.69. The van der Waals surface area contributed by atoms with Gasteiger partial charge in [0.2, 0.25) is 0 Å². The normalized spacial score (nSPS) is 16.8. The number of fused-ring (bicyclic) bond motifs is 1. The molecule has 0 unspecified atom stereocenters. The van der Waals surface area contributed by atoms with Gasteiger partial charge in [-0.2, -0.15) is 0 Å². The molecule has 0 saturated heterocycles. The predicted molar refractivity (Wildman–Crippen MR) is 103 cm³/mol. The van der Waals surface area contributed by atoms with E-state index in [1.165, 1.54) is 22.3 Å². The second kappa shape index (κ2) is 5.64. The fraction of sp³-hybridized carbons (Fsp3) is 0.700. The predicted octanol–water partition coefficient (Wildman–Crippen LogP) is 6.70. The Morgan fingerprint density at radius 3 is 1.17 bits per heavy atom. The highest BCUT2D eigenvalue weighted by Crippen LogP contribution is 2.49. The van der Waals surface area contributed by atoms with Gasteiger partial charge in [-0.3, -0.25) is 4.90 Å². The summed E-state index contributed by atoms with van der Waals surface area (Å²) in [4.78, 5) is 2.45. The van der Waals surface area contributed by atoms with Gasteiger partial charge in [-0.1, -0.05) is 64.7 Å². The van der Waals surface area contributed by atoms with Crippen molar-refractivity contribution < 1.29 is 0 Å². The summed E-state index contributed by atoms with van der Waals surface area (Å²) in [7, 11) is 0. The van der Waals surface area contributed by atoms with Crippen molar-refractivity contribution in [3.8, 4) is 0 Å². The van der Waals surface area contributed by atoms with E-state index < -0.39 is 0 Å². The van der Waals surface area contributed by atoms with Crippen molar-refractivity contribution in [3.63, 3.8) is 0 Å². The van der Waals surface area contributed by atoms with Crippen LogP contribution in [0.2, 0.25) is 10.0 Å². The minimum atomic E-state index is -0.0342. The van der Waals surface area contributed by atoms with Crippen molar-refractivity contribution in [1.82, 2.24) is 4.90 Å². The van der Waals surface area contributed by atoms with Gasteiger partial charge in [-0.05, 0) is 53.9 Å². The average Bonchev–Trinajstić information content (AvgIpc) is 2.75. The molecule has 0 spiro atoms. The molecule has 0 atom stereocenters. The lowest BCUT2D eigenvalue weighted by atomic mass is 9.73. The van der Waals surface area contributed by atoms with Crippen LogP contribution in [0.5, 0.6) is 0 Å². The van der Waals surface area contributed by atoms with Crippen molar-refractivity contribution in [1.29, 1.82) is 0 Å². The zero-order chi connectivity index (χ0) is 18.0. The van der Waals surface area contributed by atoms with E-state index in [4.69, 9.17) is 23.2 Å². The fourth-order valence-corrected chi connectivity index (χ4v) is 4.54. The maximum Gasteiger partial charge on any atom is 0.0495 e. The molecule has 0 radical (unpaired) electrons. The third-order valence-corrected chi connectivity index (χ3v) is 5.56. The summed E-state index contributed by atoms with van der Waals surface area (Å²) in [6, 6.07) is 0. The summed E-state index contributed by atoms with van der Waals surface area (Å²) in [5.74, 6) is 0. The first kappa shape index (κ1) is 19.1. The number of nitrogens with zero attached hydrogens (tertiary/aromatic N) is 1. The second-order valence-electron chi connectivity index (χ2n) is 9.86. The van der Waals surface area contributed by atoms with Crippen LogP contribution >= 0.6 is 23.2 Å². The molecule has 1 aromatic carbocycles. The van der Waals surface area contributed by atoms with Crippen LogP contribution in [-0.4, -0.2) is 10.4 Å². The van der Waals surface area contributed by atoms with Crippen LogP contribution < -0.4 is 0 Å². The smallest absolute Gasteiger partial charge is 0.0495 e. The molecule has 0 aliphatic carbocycles. The molecule has 1 heterocycles. The van der Waals surface area contributed by atoms with E-state index >= 15 is 0 Å². The highest BCUT2D eigenvalue weighted by atomic mass is 35.5. The molecule has 0 saturated carbocycles. The van der Waals surface area contributed by atoms with Crippen molar-refractivity contribution in [2.75, 3.05) is 0 Å². The molecular weight excluding hydrogens is 325 g/mol. The van der Waals surface area contributed by atoms with Gasteiger partial charge in [-0.15, -0.1) is 0 Å². The molecule has 23 heavy (non-hydrogen) atoms. The SMILES string of the molecule is CC(C)(C)c1c(Cl)c2c(c(Cl)c1C(C)(C)C)CN(C(C)(C)C)C2. The highest BCUT2D eigenvalue weighted by molar-refractivity contribution is 6.36. The Morgan fingerprint density at radius 1 is 0.652 bits per heavy atom. The zero-order valence-corrected chi connectivity index (χ0v) is 17.6. The Morgan fingerprint density at radius 2 is 0.957 bits per heavy atom. The van der Waals surface area contributed by atoms with E-state index in [1.807, 2.05) is 0 Å². The number of hydrogen-bond acceptors (Lipinski definition) is 1. The Labute approximate surface area is 152 Å². The Hall–Kier alpha value is -0.240. The van der Waals surface area contributed by atoms with E-state index in [9.17, 15) is 0 Å². The first-order valence-electron chi connectivity index (χ1n) is 8.44. The molecule has 2 rings (SSSR count). The molecule has 130 valence electrons. The zero-order valence-electron chi connectivity index (χ0n) is 16.1. The minimum Gasteiger partial charge on any atom is -0.290 e. The second-order valence-corrected chi connectivity index (χ2v) is 10.6. The van der Waals surface area contributed by atoms with Crippen LogP contribution in [0.1, 0.15) is 84.6 Å². The van der Waals surface area contributed by atoms with Gasteiger partial charge in [0.15, 0.2) is 0 Å². The summed E-state index contributed by atoms with van der Waals surface area (Å²) < 4.78 is 0. The van der Waals surface area contributed by atoms with E-state index in [2.05, 4.69) is 67.2 Å². The maximum atomic E-state index is 6.95. The standard InChI is InChI=1S/C20H31Cl2N/c1-18(2,3)14-15(19(4,5)6)17(22)13-11-23(20(7,8)9)10-12(13)16(14)21/h10-11H2,1-9H3. The topological polar surface area (TPSA) is 3.24 Å². The quantitative estimate of drug-likeness (QED) is 0.500. The van der Waals surface area contributed by atoms with E-state index in [1.54, 1.807) is 0 Å². The molecule has 3 heteroatoms. The van der Waals surface area contributed by atoms with Crippen LogP contribution in [0.15, 0.2) is 0 Å². The third-order valence-electron chi connectivity index (χ3n) is 4.73. The number of rotatable bonds is 0. The molecule has 0 bridgehead atoms. The van der Waals surface area contributed by atoms with Crippen molar-refractivity contribution in [2.45, 2.75) is 91.8 Å². The van der Waals surface area contributed by atoms with Crippen molar-refractivity contribution in [3.05, 3.63) is 32.3 Å². The van der Waals surface area contributed by atoms with E-state index in [0.717, 1.165) is 23.1 Å². The lowest BCUT2D eigenvalue weighted by Gasteiger charge is -2.33. The average molecular weight is 356 g/mol. The first-order valence-corrected chi connectivity index (χ1v) is 9.20. The lowest BCUT2D eigenvalue weighted by molar-refractivity contribution is 0.136. The molecule has 1 aliphatic heterocycles. The van der Waals surface area contributed by atoms with E-state index in [0.29, 0.717) is 0 Å². The number of benzene rings is 1. The lowest BCUT2D eigenvalue weighted by Crippen LogP contribution is -2.36. The summed E-state index contributed by atoms with van der Waals surface area (Å²) in [6.07, 6.45) is 0.